The predicted molar refractivity (Wildman–Crippen MR) is 103 cm³/mol. The molecule has 0 aromatic rings. The molecule has 6 heteroatoms. The normalized spacial score (nSPS) is 12.8. The van der Waals surface area contributed by atoms with Crippen LogP contribution in [0, 0.1) is 0 Å². The first-order valence-corrected chi connectivity index (χ1v) is 11.0. The molecule has 0 radical (unpaired) electrons. The summed E-state index contributed by atoms with van der Waals surface area (Å²) < 4.78 is 31.6. The van der Waals surface area contributed by atoms with Gasteiger partial charge in [0.05, 0.1) is 0 Å². The highest BCUT2D eigenvalue weighted by atomic mass is 32.3. The van der Waals surface area contributed by atoms with E-state index in [0.29, 0.717) is 0 Å². The van der Waals surface area contributed by atoms with Gasteiger partial charge in [-0.25, -0.2) is 0 Å². The molecule has 0 aromatic carbocycles. The number of hydrogen-bond acceptors (Lipinski definition) is 3. The van der Waals surface area contributed by atoms with Crippen molar-refractivity contribution in [3.63, 3.8) is 0 Å². The number of rotatable bonds is 14. The van der Waals surface area contributed by atoms with Crippen molar-refractivity contribution < 1.29 is 17.5 Å². The van der Waals surface area contributed by atoms with E-state index in [9.17, 15) is 0 Å². The molecule has 1 atom stereocenters. The fourth-order valence-electron chi connectivity index (χ4n) is 2.80. The zero-order valence-corrected chi connectivity index (χ0v) is 17.2. The smallest absolute Gasteiger partial charge is 0.306 e. The first kappa shape index (κ1) is 26.1. The van der Waals surface area contributed by atoms with Gasteiger partial charge < -0.3 is 4.90 Å². The first-order chi connectivity index (χ1) is 11.2. The van der Waals surface area contributed by atoms with Crippen molar-refractivity contribution >= 4 is 10.4 Å². The van der Waals surface area contributed by atoms with Crippen LogP contribution in [0.5, 0.6) is 0 Å². The van der Waals surface area contributed by atoms with Crippen LogP contribution in [0.2, 0.25) is 0 Å². The Morgan fingerprint density at radius 3 is 1.38 bits per heavy atom. The fraction of sp³-hybridized carbons (Fsp3) is 1.00. The highest BCUT2D eigenvalue weighted by molar-refractivity contribution is 7.79. The minimum absolute atomic E-state index is 0.826. The molecular weight excluding hydrogens is 326 g/mol. The fourth-order valence-corrected chi connectivity index (χ4v) is 2.80. The molecule has 0 saturated carbocycles. The number of nitrogens with zero attached hydrogens (tertiary/aromatic N) is 1. The van der Waals surface area contributed by atoms with Crippen LogP contribution in [0.1, 0.15) is 97.3 Å². The molecule has 0 bridgehead atoms. The minimum atomic E-state index is -4.67. The third-order valence-corrected chi connectivity index (χ3v) is 4.26. The van der Waals surface area contributed by atoms with Crippen LogP contribution in [0.3, 0.4) is 0 Å². The minimum Gasteiger partial charge on any atom is -0.306 e. The second-order valence-electron chi connectivity index (χ2n) is 6.82. The molecule has 0 aliphatic rings. The molecule has 0 amide bonds. The molecule has 0 heterocycles. The maximum Gasteiger partial charge on any atom is 0.394 e. The van der Waals surface area contributed by atoms with Crippen molar-refractivity contribution in [2.75, 3.05) is 14.1 Å². The summed E-state index contributed by atoms with van der Waals surface area (Å²) in [6, 6.07) is 0.826. The first-order valence-electron chi connectivity index (χ1n) is 9.58. The Balaban J connectivity index is 0. The van der Waals surface area contributed by atoms with Crippen molar-refractivity contribution in [3.05, 3.63) is 0 Å². The van der Waals surface area contributed by atoms with Gasteiger partial charge in [-0.15, -0.1) is 0 Å². The van der Waals surface area contributed by atoms with Gasteiger partial charge in [0.15, 0.2) is 0 Å². The molecule has 0 saturated heterocycles. The molecule has 2 N–H and O–H groups in total. The Hall–Kier alpha value is -0.170. The second-order valence-corrected chi connectivity index (χ2v) is 7.72. The summed E-state index contributed by atoms with van der Waals surface area (Å²) >= 11 is 0. The lowest BCUT2D eigenvalue weighted by atomic mass is 10.00. The van der Waals surface area contributed by atoms with Gasteiger partial charge >= 0.3 is 10.4 Å². The van der Waals surface area contributed by atoms with Crippen LogP contribution in [0.15, 0.2) is 0 Å². The quantitative estimate of drug-likeness (QED) is 0.318. The lowest BCUT2D eigenvalue weighted by Gasteiger charge is -2.24. The van der Waals surface area contributed by atoms with Gasteiger partial charge in [0.2, 0.25) is 0 Å². The van der Waals surface area contributed by atoms with Crippen molar-refractivity contribution in [2.45, 2.75) is 103 Å². The van der Waals surface area contributed by atoms with E-state index in [4.69, 9.17) is 17.5 Å². The van der Waals surface area contributed by atoms with Crippen molar-refractivity contribution in [1.29, 1.82) is 0 Å². The Morgan fingerprint density at radius 1 is 0.708 bits per heavy atom. The van der Waals surface area contributed by atoms with E-state index in [0.717, 1.165) is 6.04 Å². The van der Waals surface area contributed by atoms with Gasteiger partial charge in [0, 0.05) is 6.04 Å². The average molecular weight is 368 g/mol. The highest BCUT2D eigenvalue weighted by Gasteiger charge is 2.10. The average Bonchev–Trinajstić information content (AvgIpc) is 2.46. The Kier molecular flexibility index (Phi) is 19.2. The van der Waals surface area contributed by atoms with Crippen LogP contribution in [0.4, 0.5) is 0 Å². The van der Waals surface area contributed by atoms with E-state index < -0.39 is 10.4 Å². The topological polar surface area (TPSA) is 77.8 Å². The molecule has 0 aromatic heterocycles. The highest BCUT2D eigenvalue weighted by Crippen LogP contribution is 2.16. The van der Waals surface area contributed by atoms with Crippen molar-refractivity contribution in [1.82, 2.24) is 4.90 Å². The van der Waals surface area contributed by atoms with E-state index in [1.165, 1.54) is 83.5 Å². The molecule has 148 valence electrons. The van der Waals surface area contributed by atoms with Gasteiger partial charge in [-0.2, -0.15) is 8.42 Å². The summed E-state index contributed by atoms with van der Waals surface area (Å²) in [4.78, 5) is 2.44. The molecule has 0 aliphatic heterocycles. The van der Waals surface area contributed by atoms with E-state index >= 15 is 0 Å². The van der Waals surface area contributed by atoms with Crippen LogP contribution >= 0.6 is 0 Å². The van der Waals surface area contributed by atoms with Crippen LogP contribution in [0.25, 0.3) is 0 Å². The zero-order chi connectivity index (χ0) is 18.8. The maximum atomic E-state index is 8.74. The monoisotopic (exact) mass is 367 g/mol. The maximum absolute atomic E-state index is 8.74. The van der Waals surface area contributed by atoms with Gasteiger partial charge in [-0.1, -0.05) is 84.5 Å². The standard InChI is InChI=1S/C18H39N.H2O4S/c1-5-7-9-10-11-12-13-15-17-18(19(3)4)16-14-8-6-2;1-5(2,3)4/h18H,5-17H2,1-4H3;(H2,1,2,3,4). The lowest BCUT2D eigenvalue weighted by molar-refractivity contribution is 0.252. The number of hydrogen-bond donors (Lipinski definition) is 2. The molecule has 24 heavy (non-hydrogen) atoms. The summed E-state index contributed by atoms with van der Waals surface area (Å²) in [5.74, 6) is 0. The summed E-state index contributed by atoms with van der Waals surface area (Å²) in [6.45, 7) is 4.59. The lowest BCUT2D eigenvalue weighted by Crippen LogP contribution is -2.27. The Morgan fingerprint density at radius 2 is 1.00 bits per heavy atom. The Labute approximate surface area is 150 Å². The van der Waals surface area contributed by atoms with E-state index in [-0.39, 0.29) is 0 Å². The van der Waals surface area contributed by atoms with Gasteiger partial charge in [-0.05, 0) is 26.9 Å². The van der Waals surface area contributed by atoms with Crippen molar-refractivity contribution in [3.8, 4) is 0 Å². The van der Waals surface area contributed by atoms with Gasteiger partial charge in [0.25, 0.3) is 0 Å². The second kappa shape index (κ2) is 17.6. The van der Waals surface area contributed by atoms with Crippen molar-refractivity contribution in [2.24, 2.45) is 0 Å². The van der Waals surface area contributed by atoms with Crippen LogP contribution in [-0.2, 0) is 10.4 Å². The molecule has 0 aliphatic carbocycles. The van der Waals surface area contributed by atoms with E-state index in [1.54, 1.807) is 0 Å². The largest absolute Gasteiger partial charge is 0.394 e. The molecule has 0 spiro atoms. The molecular formula is C18H41NO4S. The predicted octanol–water partition coefficient (Wildman–Crippen LogP) is 5.37. The Bertz CT molecular complexity index is 337. The third-order valence-electron chi connectivity index (χ3n) is 4.26. The van der Waals surface area contributed by atoms with E-state index in [2.05, 4.69) is 32.8 Å². The van der Waals surface area contributed by atoms with Crippen LogP contribution < -0.4 is 0 Å². The SMILES string of the molecule is CCCCCCCCCCC(CCCCC)N(C)C.O=S(=O)(O)O. The van der Waals surface area contributed by atoms with Gasteiger partial charge in [0.1, 0.15) is 0 Å². The zero-order valence-electron chi connectivity index (χ0n) is 16.3. The summed E-state index contributed by atoms with van der Waals surface area (Å²) in [5, 5.41) is 0. The van der Waals surface area contributed by atoms with E-state index in [1.807, 2.05) is 0 Å². The molecule has 0 rings (SSSR count). The summed E-state index contributed by atoms with van der Waals surface area (Å²) in [5.41, 5.74) is 0. The van der Waals surface area contributed by atoms with Crippen LogP contribution in [-0.4, -0.2) is 42.6 Å². The molecule has 0 fully saturated rings. The third kappa shape index (κ3) is 26.7. The van der Waals surface area contributed by atoms with Gasteiger partial charge in [-0.3, -0.25) is 9.11 Å². The molecule has 1 unspecified atom stereocenters. The summed E-state index contributed by atoms with van der Waals surface area (Å²) in [7, 11) is -0.164. The summed E-state index contributed by atoms with van der Waals surface area (Å²) in [6.07, 6.45) is 18.5. The number of unbranched alkanes of at least 4 members (excludes halogenated alkanes) is 9. The molecule has 5 nitrogen and oxygen atoms in total.